The average molecular weight is 354 g/mol. The van der Waals surface area contributed by atoms with Crippen molar-refractivity contribution in [1.82, 2.24) is 4.57 Å². The average Bonchev–Trinajstić information content (AvgIpc) is 2.66. The van der Waals surface area contributed by atoms with Crippen molar-refractivity contribution in [2.24, 2.45) is 0 Å². The van der Waals surface area contributed by atoms with E-state index in [4.69, 9.17) is 11.0 Å². The van der Waals surface area contributed by atoms with Crippen LogP contribution in [-0.4, -0.2) is 10.6 Å². The lowest BCUT2D eigenvalue weighted by Gasteiger charge is -2.25. The smallest absolute Gasteiger partial charge is 0.200 e. The maximum atomic E-state index is 14.9. The Labute approximate surface area is 151 Å². The van der Waals surface area contributed by atoms with Gasteiger partial charge in [-0.2, -0.15) is 5.26 Å². The Morgan fingerprint density at radius 1 is 1.46 bits per heavy atom. The number of fused-ring (bicyclic) bond motifs is 1. The molecule has 3 N–H and O–H groups in total. The lowest BCUT2D eigenvalue weighted by atomic mass is 9.95. The van der Waals surface area contributed by atoms with Gasteiger partial charge in [0.1, 0.15) is 0 Å². The Hall–Kier alpha value is -2.81. The van der Waals surface area contributed by atoms with Crippen molar-refractivity contribution in [3.05, 3.63) is 40.4 Å². The first kappa shape index (κ1) is 18.0. The Morgan fingerprint density at radius 3 is 2.77 bits per heavy atom. The first-order valence-electron chi connectivity index (χ1n) is 8.99. The van der Waals surface area contributed by atoms with Crippen molar-refractivity contribution in [1.29, 1.82) is 5.26 Å². The number of nitrogens with one attached hydrogen (secondary N) is 1. The summed E-state index contributed by atoms with van der Waals surface area (Å²) >= 11 is 0. The summed E-state index contributed by atoms with van der Waals surface area (Å²) < 4.78 is 16.7. The molecule has 26 heavy (non-hydrogen) atoms. The molecule has 1 heterocycles. The van der Waals surface area contributed by atoms with E-state index in [1.165, 1.54) is 6.42 Å². The van der Waals surface area contributed by atoms with Crippen molar-refractivity contribution < 1.29 is 4.39 Å². The van der Waals surface area contributed by atoms with Crippen LogP contribution in [0.3, 0.4) is 0 Å². The summed E-state index contributed by atoms with van der Waals surface area (Å²) in [7, 11) is 0. The molecule has 6 heteroatoms. The number of nitrogens with two attached hydrogens (primary N) is 1. The second-order valence-electron chi connectivity index (χ2n) is 6.77. The second kappa shape index (κ2) is 7.20. The van der Waals surface area contributed by atoms with Gasteiger partial charge in [0, 0.05) is 18.8 Å². The van der Waals surface area contributed by atoms with Gasteiger partial charge in [-0.1, -0.05) is 25.8 Å². The molecule has 1 saturated carbocycles. The topological polar surface area (TPSA) is 83.8 Å². The van der Waals surface area contributed by atoms with Crippen LogP contribution in [0.15, 0.2) is 23.6 Å². The highest BCUT2D eigenvalue weighted by Gasteiger charge is 2.21. The molecule has 136 valence electrons. The van der Waals surface area contributed by atoms with Crippen molar-refractivity contribution in [2.45, 2.75) is 51.6 Å². The van der Waals surface area contributed by atoms with Crippen molar-refractivity contribution in [3.63, 3.8) is 0 Å². The molecule has 1 fully saturated rings. The fourth-order valence-corrected chi connectivity index (χ4v) is 3.66. The third-order valence-corrected chi connectivity index (χ3v) is 5.11. The summed E-state index contributed by atoms with van der Waals surface area (Å²) in [6.45, 7) is 6.08. The van der Waals surface area contributed by atoms with E-state index < -0.39 is 11.2 Å². The molecule has 0 spiro atoms. The van der Waals surface area contributed by atoms with Gasteiger partial charge >= 0.3 is 0 Å². The van der Waals surface area contributed by atoms with Gasteiger partial charge in [0.25, 0.3) is 0 Å². The van der Waals surface area contributed by atoms with Gasteiger partial charge in [-0.05, 0) is 25.8 Å². The first-order chi connectivity index (χ1) is 12.5. The zero-order valence-corrected chi connectivity index (χ0v) is 14.9. The van der Waals surface area contributed by atoms with Crippen LogP contribution >= 0.6 is 0 Å². The number of pyridine rings is 1. The Morgan fingerprint density at radius 2 is 2.15 bits per heavy atom. The summed E-state index contributed by atoms with van der Waals surface area (Å²) in [4.78, 5) is 12.8. The zero-order chi connectivity index (χ0) is 18.8. The normalized spacial score (nSPS) is 15.0. The monoisotopic (exact) mass is 354 g/mol. The van der Waals surface area contributed by atoms with Crippen LogP contribution in [0.1, 0.15) is 44.6 Å². The lowest BCUT2D eigenvalue weighted by Crippen LogP contribution is -2.24. The molecule has 0 amide bonds. The van der Waals surface area contributed by atoms with Crippen molar-refractivity contribution >= 4 is 27.9 Å². The number of aromatic nitrogens is 1. The minimum atomic E-state index is -0.609. The number of halogens is 1. The fraction of sp³-hybridized carbons (Fsp3) is 0.400. The quantitative estimate of drug-likeness (QED) is 0.641. The summed E-state index contributed by atoms with van der Waals surface area (Å²) in [5.41, 5.74) is 6.46. The zero-order valence-electron chi connectivity index (χ0n) is 14.9. The number of nitrogens with zero attached hydrogens (tertiary/aromatic N) is 2. The maximum Gasteiger partial charge on any atom is 0.200 e. The largest absolute Gasteiger partial charge is 0.396 e. The Bertz CT molecular complexity index is 965. The van der Waals surface area contributed by atoms with Gasteiger partial charge in [-0.3, -0.25) is 4.79 Å². The van der Waals surface area contributed by atoms with E-state index in [-0.39, 0.29) is 28.3 Å². The Balaban J connectivity index is 2.20. The van der Waals surface area contributed by atoms with E-state index in [1.807, 2.05) is 13.0 Å². The number of nitrogen functional groups attached to an aromatic ring is 1. The molecule has 1 aliphatic rings. The molecule has 2 aromatic rings. The summed E-state index contributed by atoms with van der Waals surface area (Å²) in [6, 6.07) is 3.75. The molecule has 0 atom stereocenters. The number of hydrogen-bond donors (Lipinski definition) is 2. The molecular formula is C20H23FN4O. The van der Waals surface area contributed by atoms with Crippen LogP contribution in [0.4, 0.5) is 15.8 Å². The van der Waals surface area contributed by atoms with Gasteiger partial charge in [0.15, 0.2) is 11.2 Å². The molecule has 0 unspecified atom stereocenters. The SMILES string of the molecule is C=C(C#N)c1cn(CC)c2cc(NC3CCCCC3)c(F)c(N)c2c1=O. The highest BCUT2D eigenvalue weighted by atomic mass is 19.1. The molecule has 0 radical (unpaired) electrons. The summed E-state index contributed by atoms with van der Waals surface area (Å²) in [5.74, 6) is -0.609. The van der Waals surface area contributed by atoms with E-state index in [1.54, 1.807) is 16.8 Å². The van der Waals surface area contributed by atoms with Crippen molar-refractivity contribution in [2.75, 3.05) is 11.1 Å². The number of allylic oxidation sites excluding steroid dienone is 1. The fourth-order valence-electron chi connectivity index (χ4n) is 3.66. The van der Waals surface area contributed by atoms with E-state index in [9.17, 15) is 9.18 Å². The van der Waals surface area contributed by atoms with Gasteiger partial charge in [0.05, 0.1) is 39.5 Å². The van der Waals surface area contributed by atoms with Gasteiger partial charge in [-0.15, -0.1) is 0 Å². The minimum Gasteiger partial charge on any atom is -0.396 e. The molecule has 1 aromatic carbocycles. The van der Waals surface area contributed by atoms with Crippen LogP contribution in [0.5, 0.6) is 0 Å². The van der Waals surface area contributed by atoms with E-state index >= 15 is 0 Å². The Kier molecular flexibility index (Phi) is 4.99. The van der Waals surface area contributed by atoms with Gasteiger partial charge in [-0.25, -0.2) is 4.39 Å². The first-order valence-corrected chi connectivity index (χ1v) is 8.99. The number of hydrogen-bond acceptors (Lipinski definition) is 4. The van der Waals surface area contributed by atoms with Gasteiger partial charge in [0.2, 0.25) is 0 Å². The molecule has 0 bridgehead atoms. The highest BCUT2D eigenvalue weighted by molar-refractivity contribution is 5.96. The van der Waals surface area contributed by atoms with Crippen LogP contribution in [0, 0.1) is 17.1 Å². The van der Waals surface area contributed by atoms with Crippen molar-refractivity contribution in [3.8, 4) is 6.07 Å². The van der Waals surface area contributed by atoms with Crippen LogP contribution in [0.25, 0.3) is 16.5 Å². The molecule has 1 aliphatic carbocycles. The molecule has 3 rings (SSSR count). The molecule has 1 aromatic heterocycles. The highest BCUT2D eigenvalue weighted by Crippen LogP contribution is 2.31. The third kappa shape index (κ3) is 3.05. The molecular weight excluding hydrogens is 331 g/mol. The standard InChI is InChI=1S/C20H23FN4O/c1-3-25-11-14(12(2)10-22)20(26)17-16(25)9-15(18(21)19(17)23)24-13-7-5-4-6-8-13/h9,11,13,24H,2-8,23H2,1H3. The summed E-state index contributed by atoms with van der Waals surface area (Å²) in [6.07, 6.45) is 7.06. The van der Waals surface area contributed by atoms with Crippen LogP contribution in [0.2, 0.25) is 0 Å². The number of benzene rings is 1. The van der Waals surface area contributed by atoms with E-state index in [2.05, 4.69) is 11.9 Å². The van der Waals surface area contributed by atoms with E-state index in [0.717, 1.165) is 25.7 Å². The number of anilines is 2. The van der Waals surface area contributed by atoms with E-state index in [0.29, 0.717) is 17.7 Å². The summed E-state index contributed by atoms with van der Waals surface area (Å²) in [5, 5.41) is 12.5. The van der Waals surface area contributed by atoms with Crippen LogP contribution in [-0.2, 0) is 6.54 Å². The van der Waals surface area contributed by atoms with Crippen LogP contribution < -0.4 is 16.5 Å². The maximum absolute atomic E-state index is 14.9. The third-order valence-electron chi connectivity index (χ3n) is 5.11. The van der Waals surface area contributed by atoms with Gasteiger partial charge < -0.3 is 15.6 Å². The number of aryl methyl sites for hydroxylation is 1. The molecule has 0 saturated heterocycles. The molecule has 5 nitrogen and oxygen atoms in total. The predicted octanol–water partition coefficient (Wildman–Crippen LogP) is 4.02. The lowest BCUT2D eigenvalue weighted by molar-refractivity contribution is 0.461. The second-order valence-corrected chi connectivity index (χ2v) is 6.77. The number of nitriles is 1. The molecule has 0 aliphatic heterocycles. The number of rotatable bonds is 4. The predicted molar refractivity (Wildman–Crippen MR) is 103 cm³/mol. The minimum absolute atomic E-state index is 0.0447.